The van der Waals surface area contributed by atoms with E-state index in [1.54, 1.807) is 24.3 Å². The van der Waals surface area contributed by atoms with Crippen LogP contribution in [0, 0.1) is 0 Å². The number of para-hydroxylation sites is 2. The van der Waals surface area contributed by atoms with Crippen LogP contribution in [0.3, 0.4) is 0 Å². The number of sulfonamides is 1. The Morgan fingerprint density at radius 3 is 2.50 bits per heavy atom. The minimum Gasteiger partial charge on any atom is -0.491 e. The molecule has 0 aliphatic rings. The Labute approximate surface area is 140 Å². The van der Waals surface area contributed by atoms with Crippen molar-refractivity contribution in [1.82, 2.24) is 0 Å². The van der Waals surface area contributed by atoms with E-state index in [0.717, 1.165) is 6.42 Å². The van der Waals surface area contributed by atoms with Crippen LogP contribution < -0.4 is 9.46 Å². The normalized spacial score (nSPS) is 11.2. The zero-order valence-electron chi connectivity index (χ0n) is 11.8. The summed E-state index contributed by atoms with van der Waals surface area (Å²) in [5, 5.41) is 0.479. The average molecular weight is 360 g/mol. The first-order chi connectivity index (χ1) is 10.4. The summed E-state index contributed by atoms with van der Waals surface area (Å²) in [6, 6.07) is 11.0. The van der Waals surface area contributed by atoms with Gasteiger partial charge in [0.25, 0.3) is 10.0 Å². The molecule has 118 valence electrons. The summed E-state index contributed by atoms with van der Waals surface area (Å²) in [5.74, 6) is 0.480. The van der Waals surface area contributed by atoms with E-state index in [1.165, 1.54) is 18.2 Å². The topological polar surface area (TPSA) is 55.4 Å². The van der Waals surface area contributed by atoms with Gasteiger partial charge < -0.3 is 4.74 Å². The summed E-state index contributed by atoms with van der Waals surface area (Å²) < 4.78 is 32.9. The van der Waals surface area contributed by atoms with E-state index in [1.807, 2.05) is 6.92 Å². The van der Waals surface area contributed by atoms with Gasteiger partial charge in [0.2, 0.25) is 0 Å². The van der Waals surface area contributed by atoms with Crippen molar-refractivity contribution in [2.75, 3.05) is 11.3 Å². The van der Waals surface area contributed by atoms with Gasteiger partial charge >= 0.3 is 0 Å². The smallest absolute Gasteiger partial charge is 0.262 e. The van der Waals surface area contributed by atoms with Crippen molar-refractivity contribution in [3.8, 4) is 5.75 Å². The maximum absolute atomic E-state index is 12.4. The number of anilines is 1. The Morgan fingerprint density at radius 2 is 1.82 bits per heavy atom. The van der Waals surface area contributed by atoms with Gasteiger partial charge in [-0.2, -0.15) is 0 Å². The summed E-state index contributed by atoms with van der Waals surface area (Å²) >= 11 is 11.7. The molecule has 2 aromatic rings. The first-order valence-corrected chi connectivity index (χ1v) is 8.87. The van der Waals surface area contributed by atoms with Crippen LogP contribution in [0.2, 0.25) is 10.0 Å². The largest absolute Gasteiger partial charge is 0.491 e. The Bertz CT molecular complexity index is 763. The van der Waals surface area contributed by atoms with Crippen LogP contribution in [0.5, 0.6) is 5.75 Å². The second kappa shape index (κ2) is 7.22. The average Bonchev–Trinajstić information content (AvgIpc) is 2.48. The summed E-state index contributed by atoms with van der Waals surface area (Å²) in [4.78, 5) is 0.0344. The van der Waals surface area contributed by atoms with Gasteiger partial charge in [-0.3, -0.25) is 4.72 Å². The van der Waals surface area contributed by atoms with Crippen molar-refractivity contribution in [1.29, 1.82) is 0 Å². The van der Waals surface area contributed by atoms with Crippen LogP contribution in [-0.2, 0) is 10.0 Å². The zero-order valence-corrected chi connectivity index (χ0v) is 14.2. The maximum atomic E-state index is 12.4. The number of rotatable bonds is 6. The van der Waals surface area contributed by atoms with E-state index in [0.29, 0.717) is 23.1 Å². The molecule has 7 heteroatoms. The lowest BCUT2D eigenvalue weighted by Crippen LogP contribution is -2.14. The molecular formula is C15H15Cl2NO3S. The molecule has 0 fully saturated rings. The van der Waals surface area contributed by atoms with Gasteiger partial charge in [-0.1, -0.05) is 42.3 Å². The molecule has 0 aromatic heterocycles. The number of ether oxygens (including phenoxy) is 1. The monoisotopic (exact) mass is 359 g/mol. The zero-order chi connectivity index (χ0) is 16.2. The summed E-state index contributed by atoms with van der Waals surface area (Å²) in [6.07, 6.45) is 0.827. The van der Waals surface area contributed by atoms with Crippen molar-refractivity contribution >= 4 is 38.9 Å². The number of nitrogens with one attached hydrogen (secondary N) is 1. The minimum atomic E-state index is -3.77. The van der Waals surface area contributed by atoms with E-state index in [4.69, 9.17) is 27.9 Å². The van der Waals surface area contributed by atoms with E-state index in [9.17, 15) is 8.42 Å². The van der Waals surface area contributed by atoms with Gasteiger partial charge in [-0.05, 0) is 36.8 Å². The molecule has 0 aliphatic heterocycles. The first-order valence-electron chi connectivity index (χ1n) is 6.63. The third-order valence-corrected chi connectivity index (χ3v) is 4.90. The van der Waals surface area contributed by atoms with E-state index >= 15 is 0 Å². The van der Waals surface area contributed by atoms with E-state index < -0.39 is 10.0 Å². The summed E-state index contributed by atoms with van der Waals surface area (Å²) in [5.41, 5.74) is 0.377. The van der Waals surface area contributed by atoms with Gasteiger partial charge in [0.05, 0.1) is 27.2 Å². The Hall–Kier alpha value is -1.43. The maximum Gasteiger partial charge on any atom is 0.262 e. The number of benzene rings is 2. The van der Waals surface area contributed by atoms with Crippen molar-refractivity contribution in [2.45, 2.75) is 18.2 Å². The fourth-order valence-corrected chi connectivity index (χ4v) is 3.20. The SMILES string of the molecule is CCCOc1ccccc1NS(=O)(=O)c1ccc(Cl)c(Cl)c1. The molecule has 0 saturated heterocycles. The molecule has 0 bridgehead atoms. The molecule has 0 heterocycles. The molecule has 2 aromatic carbocycles. The molecule has 0 amide bonds. The summed E-state index contributed by atoms with van der Waals surface area (Å²) in [6.45, 7) is 2.48. The Balaban J connectivity index is 2.30. The van der Waals surface area contributed by atoms with Gasteiger partial charge in [-0.15, -0.1) is 0 Å². The Morgan fingerprint density at radius 1 is 1.09 bits per heavy atom. The molecule has 0 saturated carbocycles. The molecule has 22 heavy (non-hydrogen) atoms. The first kappa shape index (κ1) is 16.9. The second-order valence-electron chi connectivity index (χ2n) is 4.53. The van der Waals surface area contributed by atoms with Crippen molar-refractivity contribution in [3.63, 3.8) is 0 Å². The van der Waals surface area contributed by atoms with Crippen LogP contribution in [0.4, 0.5) is 5.69 Å². The molecule has 0 spiro atoms. The van der Waals surface area contributed by atoms with E-state index in [2.05, 4.69) is 4.72 Å². The van der Waals surface area contributed by atoms with E-state index in [-0.39, 0.29) is 9.92 Å². The predicted octanol–water partition coefficient (Wildman–Crippen LogP) is 4.58. The summed E-state index contributed by atoms with van der Waals surface area (Å²) in [7, 11) is -3.77. The molecule has 4 nitrogen and oxygen atoms in total. The minimum absolute atomic E-state index is 0.0344. The highest BCUT2D eigenvalue weighted by Gasteiger charge is 2.17. The standard InChI is InChI=1S/C15H15Cl2NO3S/c1-2-9-21-15-6-4-3-5-14(15)18-22(19,20)11-7-8-12(16)13(17)10-11/h3-8,10,18H,2,9H2,1H3. The van der Waals surface area contributed by atoms with Gasteiger partial charge in [-0.25, -0.2) is 8.42 Å². The molecule has 0 unspecified atom stereocenters. The van der Waals surface area contributed by atoms with Crippen LogP contribution >= 0.6 is 23.2 Å². The fraction of sp³-hybridized carbons (Fsp3) is 0.200. The number of halogens is 2. The van der Waals surface area contributed by atoms with Crippen molar-refractivity contribution in [3.05, 3.63) is 52.5 Å². The van der Waals surface area contributed by atoms with Crippen LogP contribution in [0.15, 0.2) is 47.4 Å². The fourth-order valence-electron chi connectivity index (χ4n) is 1.74. The molecule has 0 atom stereocenters. The lowest BCUT2D eigenvalue weighted by atomic mass is 10.3. The quantitative estimate of drug-likeness (QED) is 0.820. The highest BCUT2D eigenvalue weighted by Crippen LogP contribution is 2.29. The third-order valence-electron chi connectivity index (χ3n) is 2.79. The number of hydrogen-bond acceptors (Lipinski definition) is 3. The van der Waals surface area contributed by atoms with Gasteiger partial charge in [0, 0.05) is 0 Å². The molecular weight excluding hydrogens is 345 g/mol. The second-order valence-corrected chi connectivity index (χ2v) is 7.02. The highest BCUT2D eigenvalue weighted by molar-refractivity contribution is 7.92. The van der Waals surface area contributed by atoms with Crippen molar-refractivity contribution in [2.24, 2.45) is 0 Å². The van der Waals surface area contributed by atoms with Crippen LogP contribution in [-0.4, -0.2) is 15.0 Å². The van der Waals surface area contributed by atoms with Gasteiger partial charge in [0.1, 0.15) is 5.75 Å². The van der Waals surface area contributed by atoms with Crippen LogP contribution in [0.1, 0.15) is 13.3 Å². The molecule has 0 aliphatic carbocycles. The van der Waals surface area contributed by atoms with Crippen LogP contribution in [0.25, 0.3) is 0 Å². The van der Waals surface area contributed by atoms with Crippen molar-refractivity contribution < 1.29 is 13.2 Å². The highest BCUT2D eigenvalue weighted by atomic mass is 35.5. The molecule has 1 N–H and O–H groups in total. The molecule has 2 rings (SSSR count). The molecule has 0 radical (unpaired) electrons. The number of hydrogen-bond donors (Lipinski definition) is 1. The predicted molar refractivity (Wildman–Crippen MR) is 89.5 cm³/mol. The third kappa shape index (κ3) is 4.06. The lowest BCUT2D eigenvalue weighted by Gasteiger charge is -2.13. The lowest BCUT2D eigenvalue weighted by molar-refractivity contribution is 0.319. The Kier molecular flexibility index (Phi) is 5.56. The van der Waals surface area contributed by atoms with Gasteiger partial charge in [0.15, 0.2) is 0 Å².